The first kappa shape index (κ1) is 9.26. The van der Waals surface area contributed by atoms with E-state index in [2.05, 4.69) is 0 Å². The maximum atomic E-state index is 10.3. The molecule has 0 bridgehead atoms. The van der Waals surface area contributed by atoms with Crippen LogP contribution in [-0.4, -0.2) is 4.92 Å². The van der Waals surface area contributed by atoms with E-state index in [0.29, 0.717) is 5.75 Å². The van der Waals surface area contributed by atoms with Crippen molar-refractivity contribution >= 4 is 5.88 Å². The Morgan fingerprint density at radius 1 is 1.13 bits per heavy atom. The van der Waals surface area contributed by atoms with Gasteiger partial charge in [0.15, 0.2) is 0 Å². The van der Waals surface area contributed by atoms with Gasteiger partial charge in [-0.2, -0.15) is 0 Å². The average Bonchev–Trinajstić information content (AvgIpc) is 2.68. The van der Waals surface area contributed by atoms with Crippen molar-refractivity contribution in [2.75, 3.05) is 0 Å². The van der Waals surface area contributed by atoms with Crippen molar-refractivity contribution in [3.8, 4) is 11.7 Å². The first-order valence-corrected chi connectivity index (χ1v) is 4.23. The van der Waals surface area contributed by atoms with Crippen molar-refractivity contribution < 1.29 is 14.1 Å². The number of para-hydroxylation sites is 1. The molecule has 0 radical (unpaired) electrons. The van der Waals surface area contributed by atoms with Crippen LogP contribution in [0.15, 0.2) is 46.9 Å². The van der Waals surface area contributed by atoms with Crippen LogP contribution >= 0.6 is 0 Å². The van der Waals surface area contributed by atoms with Gasteiger partial charge in [-0.15, -0.1) is 0 Å². The van der Waals surface area contributed by atoms with Gasteiger partial charge in [0.05, 0.1) is 6.07 Å². The van der Waals surface area contributed by atoms with E-state index in [4.69, 9.17) is 9.15 Å². The summed E-state index contributed by atoms with van der Waals surface area (Å²) in [5.74, 6) is 0.343. The highest BCUT2D eigenvalue weighted by Gasteiger charge is 2.12. The van der Waals surface area contributed by atoms with Gasteiger partial charge in [-0.25, -0.2) is 0 Å². The van der Waals surface area contributed by atoms with Crippen molar-refractivity contribution in [3.05, 3.63) is 52.6 Å². The molecule has 2 aromatic rings. The topological polar surface area (TPSA) is 65.5 Å². The average molecular weight is 205 g/mol. The van der Waals surface area contributed by atoms with E-state index < -0.39 is 4.92 Å². The molecule has 2 rings (SSSR count). The minimum Gasteiger partial charge on any atom is -0.426 e. The zero-order valence-electron chi connectivity index (χ0n) is 7.62. The zero-order chi connectivity index (χ0) is 10.7. The van der Waals surface area contributed by atoms with Gasteiger partial charge < -0.3 is 9.15 Å². The lowest BCUT2D eigenvalue weighted by molar-refractivity contribution is -0.402. The molecule has 5 nitrogen and oxygen atoms in total. The van der Waals surface area contributed by atoms with Crippen molar-refractivity contribution in [2.45, 2.75) is 0 Å². The predicted molar refractivity (Wildman–Crippen MR) is 51.9 cm³/mol. The molecular formula is C10H7NO4. The first-order valence-electron chi connectivity index (χ1n) is 4.23. The Kier molecular flexibility index (Phi) is 2.37. The number of nitrogens with zero attached hydrogens (tertiary/aromatic N) is 1. The molecule has 0 amide bonds. The predicted octanol–water partition coefficient (Wildman–Crippen LogP) is 2.98. The summed E-state index contributed by atoms with van der Waals surface area (Å²) < 4.78 is 10.1. The minimum absolute atomic E-state index is 0.105. The van der Waals surface area contributed by atoms with E-state index in [-0.39, 0.29) is 11.8 Å². The van der Waals surface area contributed by atoms with E-state index in [1.807, 2.05) is 6.07 Å². The van der Waals surface area contributed by atoms with Gasteiger partial charge >= 0.3 is 5.88 Å². The fourth-order valence-electron chi connectivity index (χ4n) is 1.07. The summed E-state index contributed by atoms with van der Waals surface area (Å²) in [4.78, 5) is 9.71. The minimum atomic E-state index is -0.613. The molecule has 0 atom stereocenters. The Labute approximate surface area is 85.0 Å². The first-order chi connectivity index (χ1) is 7.25. The van der Waals surface area contributed by atoms with Crippen molar-refractivity contribution in [3.63, 3.8) is 0 Å². The second-order valence-electron chi connectivity index (χ2n) is 2.76. The Balaban J connectivity index is 2.15. The number of furan rings is 1. The molecule has 15 heavy (non-hydrogen) atoms. The maximum absolute atomic E-state index is 10.3. The van der Waals surface area contributed by atoms with Gasteiger partial charge in [-0.05, 0) is 12.1 Å². The molecule has 1 aromatic heterocycles. The number of hydrogen-bond donors (Lipinski definition) is 0. The summed E-state index contributed by atoms with van der Waals surface area (Å²) in [5.41, 5.74) is 0. The maximum Gasteiger partial charge on any atom is 0.436 e. The lowest BCUT2D eigenvalue weighted by Gasteiger charge is -1.99. The van der Waals surface area contributed by atoms with E-state index >= 15 is 0 Å². The van der Waals surface area contributed by atoms with Crippen LogP contribution < -0.4 is 4.74 Å². The third-order valence-electron chi connectivity index (χ3n) is 1.71. The van der Waals surface area contributed by atoms with Crippen LogP contribution in [0.4, 0.5) is 5.88 Å². The van der Waals surface area contributed by atoms with Crippen LogP contribution in [0.25, 0.3) is 0 Å². The molecule has 5 heteroatoms. The summed E-state index contributed by atoms with van der Waals surface area (Å²) in [5, 5.41) is 10.3. The Morgan fingerprint density at radius 2 is 1.87 bits per heavy atom. The number of nitro groups is 1. The SMILES string of the molecule is O=[N+]([O-])c1ccc(Oc2ccccc2)o1. The Bertz CT molecular complexity index is 463. The van der Waals surface area contributed by atoms with Gasteiger partial charge in [0.1, 0.15) is 10.7 Å². The largest absolute Gasteiger partial charge is 0.436 e. The summed E-state index contributed by atoms with van der Waals surface area (Å²) >= 11 is 0. The summed E-state index contributed by atoms with van der Waals surface area (Å²) in [6.07, 6.45) is 0. The monoisotopic (exact) mass is 205 g/mol. The summed E-state index contributed by atoms with van der Waals surface area (Å²) in [6, 6.07) is 11.6. The van der Waals surface area contributed by atoms with Gasteiger partial charge in [0.25, 0.3) is 5.95 Å². The van der Waals surface area contributed by atoms with E-state index in [1.54, 1.807) is 24.3 Å². The van der Waals surface area contributed by atoms with Crippen LogP contribution in [0.5, 0.6) is 11.7 Å². The molecule has 0 saturated heterocycles. The molecule has 0 saturated carbocycles. The fourth-order valence-corrected chi connectivity index (χ4v) is 1.07. The fraction of sp³-hybridized carbons (Fsp3) is 0. The molecule has 1 aromatic carbocycles. The van der Waals surface area contributed by atoms with Crippen LogP contribution in [-0.2, 0) is 0 Å². The second kappa shape index (κ2) is 3.83. The van der Waals surface area contributed by atoms with Crippen LogP contribution in [0.1, 0.15) is 0 Å². The molecule has 76 valence electrons. The third kappa shape index (κ3) is 2.14. The Morgan fingerprint density at radius 3 is 2.47 bits per heavy atom. The normalized spacial score (nSPS) is 9.87. The highest BCUT2D eigenvalue weighted by atomic mass is 16.7. The van der Waals surface area contributed by atoms with Gasteiger partial charge in [-0.1, -0.05) is 18.2 Å². The molecule has 0 aliphatic carbocycles. The van der Waals surface area contributed by atoms with Crippen LogP contribution in [0.2, 0.25) is 0 Å². The zero-order valence-corrected chi connectivity index (χ0v) is 7.62. The quantitative estimate of drug-likeness (QED) is 0.570. The summed E-state index contributed by atoms with van der Waals surface area (Å²) in [6.45, 7) is 0. The van der Waals surface area contributed by atoms with Gasteiger partial charge in [0.2, 0.25) is 0 Å². The van der Waals surface area contributed by atoms with Crippen LogP contribution in [0, 0.1) is 10.1 Å². The lowest BCUT2D eigenvalue weighted by Crippen LogP contribution is -1.83. The summed E-state index contributed by atoms with van der Waals surface area (Å²) in [7, 11) is 0. The van der Waals surface area contributed by atoms with E-state index in [9.17, 15) is 10.1 Å². The number of rotatable bonds is 3. The number of benzene rings is 1. The number of ether oxygens (including phenoxy) is 1. The highest BCUT2D eigenvalue weighted by molar-refractivity contribution is 5.28. The molecule has 0 N–H and O–H groups in total. The molecular weight excluding hydrogens is 198 g/mol. The van der Waals surface area contributed by atoms with E-state index in [1.165, 1.54) is 12.1 Å². The van der Waals surface area contributed by atoms with E-state index in [0.717, 1.165) is 0 Å². The van der Waals surface area contributed by atoms with Crippen molar-refractivity contribution in [2.24, 2.45) is 0 Å². The molecule has 0 unspecified atom stereocenters. The smallest absolute Gasteiger partial charge is 0.426 e. The van der Waals surface area contributed by atoms with Gasteiger partial charge in [0, 0.05) is 6.07 Å². The number of hydrogen-bond acceptors (Lipinski definition) is 4. The Hall–Kier alpha value is -2.30. The molecule has 0 spiro atoms. The molecule has 0 fully saturated rings. The standard InChI is InChI=1S/C10H7NO4/c12-11(13)9-6-7-10(15-9)14-8-4-2-1-3-5-8/h1-7H. The third-order valence-corrected chi connectivity index (χ3v) is 1.71. The second-order valence-corrected chi connectivity index (χ2v) is 2.76. The highest BCUT2D eigenvalue weighted by Crippen LogP contribution is 2.26. The molecule has 0 aliphatic heterocycles. The molecule has 1 heterocycles. The van der Waals surface area contributed by atoms with Crippen LogP contribution in [0.3, 0.4) is 0 Å². The lowest BCUT2D eigenvalue weighted by atomic mass is 10.3. The van der Waals surface area contributed by atoms with Gasteiger partial charge in [-0.3, -0.25) is 10.1 Å². The molecule has 0 aliphatic rings. The van der Waals surface area contributed by atoms with Crippen molar-refractivity contribution in [1.82, 2.24) is 0 Å². The van der Waals surface area contributed by atoms with Crippen molar-refractivity contribution in [1.29, 1.82) is 0 Å².